The number of sulfonamides is 1. The summed E-state index contributed by atoms with van der Waals surface area (Å²) in [6.07, 6.45) is 1.07. The number of hydrogen-bond acceptors (Lipinski definition) is 5. The van der Waals surface area contributed by atoms with Crippen molar-refractivity contribution in [3.63, 3.8) is 0 Å². The van der Waals surface area contributed by atoms with Crippen LogP contribution in [0.25, 0.3) is 0 Å². The standard InChI is InChI=1S/C18H23N3O5S/c1-18(2)11-27(25,26)21(17(18)24)14-5-3-13(4-6-14)16(23)20-9-7-12(8-10-20)15(19)22/h3-6,12H,7-11H2,1-2H3,(H2,19,22). The van der Waals surface area contributed by atoms with Gasteiger partial charge in [-0.25, -0.2) is 12.7 Å². The monoisotopic (exact) mass is 393 g/mol. The molecule has 2 aliphatic rings. The molecular formula is C18H23N3O5S. The van der Waals surface area contributed by atoms with Crippen molar-refractivity contribution in [1.82, 2.24) is 4.90 Å². The van der Waals surface area contributed by atoms with Gasteiger partial charge in [-0.05, 0) is 51.0 Å². The summed E-state index contributed by atoms with van der Waals surface area (Å²) in [5, 5.41) is 0. The van der Waals surface area contributed by atoms with Gasteiger partial charge in [-0.1, -0.05) is 0 Å². The number of anilines is 1. The van der Waals surface area contributed by atoms with Gasteiger partial charge < -0.3 is 10.6 Å². The second-order valence-electron chi connectivity index (χ2n) is 7.73. The van der Waals surface area contributed by atoms with E-state index in [0.29, 0.717) is 31.5 Å². The summed E-state index contributed by atoms with van der Waals surface area (Å²) in [6, 6.07) is 5.98. The van der Waals surface area contributed by atoms with E-state index in [2.05, 4.69) is 0 Å². The van der Waals surface area contributed by atoms with Crippen molar-refractivity contribution in [2.45, 2.75) is 26.7 Å². The van der Waals surface area contributed by atoms with Crippen molar-refractivity contribution in [3.8, 4) is 0 Å². The van der Waals surface area contributed by atoms with Crippen LogP contribution in [0.4, 0.5) is 5.69 Å². The van der Waals surface area contributed by atoms with Gasteiger partial charge in [0.25, 0.3) is 5.91 Å². The van der Waals surface area contributed by atoms with Gasteiger partial charge in [0, 0.05) is 24.6 Å². The SMILES string of the molecule is CC1(C)CS(=O)(=O)N(c2ccc(C(=O)N3CCC(C(N)=O)CC3)cc2)C1=O. The van der Waals surface area contributed by atoms with Crippen molar-refractivity contribution in [2.24, 2.45) is 17.1 Å². The number of amides is 3. The van der Waals surface area contributed by atoms with E-state index in [1.807, 2.05) is 0 Å². The number of primary amides is 1. The first kappa shape index (κ1) is 19.3. The van der Waals surface area contributed by atoms with Gasteiger partial charge in [-0.3, -0.25) is 14.4 Å². The third-order valence-corrected chi connectivity index (χ3v) is 7.14. The Bertz CT molecular complexity index is 884. The molecule has 8 nitrogen and oxygen atoms in total. The zero-order valence-corrected chi connectivity index (χ0v) is 16.2. The molecular weight excluding hydrogens is 370 g/mol. The van der Waals surface area contributed by atoms with Crippen LogP contribution in [0.15, 0.2) is 24.3 Å². The molecule has 0 saturated carbocycles. The molecule has 1 aromatic rings. The van der Waals surface area contributed by atoms with E-state index in [1.165, 1.54) is 24.3 Å². The number of piperidine rings is 1. The largest absolute Gasteiger partial charge is 0.369 e. The van der Waals surface area contributed by atoms with E-state index >= 15 is 0 Å². The van der Waals surface area contributed by atoms with E-state index in [-0.39, 0.29) is 29.2 Å². The van der Waals surface area contributed by atoms with E-state index in [0.717, 1.165) is 4.31 Å². The Labute approximate surface area is 158 Å². The summed E-state index contributed by atoms with van der Waals surface area (Å²) >= 11 is 0. The highest BCUT2D eigenvalue weighted by atomic mass is 32.2. The van der Waals surface area contributed by atoms with Gasteiger partial charge in [0.1, 0.15) is 0 Å². The molecule has 0 aliphatic carbocycles. The normalized spacial score (nSPS) is 22.1. The molecule has 0 aromatic heterocycles. The number of rotatable bonds is 3. The fourth-order valence-corrected chi connectivity index (χ4v) is 5.66. The van der Waals surface area contributed by atoms with Crippen LogP contribution in [0, 0.1) is 11.3 Å². The summed E-state index contributed by atoms with van der Waals surface area (Å²) in [5.41, 5.74) is 4.96. The number of hydrogen-bond donors (Lipinski definition) is 1. The first-order chi connectivity index (χ1) is 12.5. The van der Waals surface area contributed by atoms with Gasteiger partial charge in [0.15, 0.2) is 0 Å². The fourth-order valence-electron chi connectivity index (χ4n) is 3.55. The van der Waals surface area contributed by atoms with Gasteiger partial charge in [-0.2, -0.15) is 0 Å². The lowest BCUT2D eigenvalue weighted by Crippen LogP contribution is -2.41. The zero-order chi connectivity index (χ0) is 20.0. The van der Waals surface area contributed by atoms with Gasteiger partial charge >= 0.3 is 0 Å². The van der Waals surface area contributed by atoms with Crippen molar-refractivity contribution in [1.29, 1.82) is 0 Å². The molecule has 0 bridgehead atoms. The van der Waals surface area contributed by atoms with Crippen molar-refractivity contribution in [3.05, 3.63) is 29.8 Å². The van der Waals surface area contributed by atoms with Crippen LogP contribution in [0.1, 0.15) is 37.0 Å². The molecule has 0 atom stereocenters. The van der Waals surface area contributed by atoms with Crippen LogP contribution < -0.4 is 10.0 Å². The molecule has 3 amide bonds. The Morgan fingerprint density at radius 2 is 1.67 bits per heavy atom. The molecule has 0 radical (unpaired) electrons. The Kier molecular flexibility index (Phi) is 4.75. The van der Waals surface area contributed by atoms with Crippen molar-refractivity contribution in [2.75, 3.05) is 23.1 Å². The predicted molar refractivity (Wildman–Crippen MR) is 99.3 cm³/mol. The maximum Gasteiger partial charge on any atom is 0.253 e. The molecule has 0 unspecified atom stereocenters. The molecule has 1 aromatic carbocycles. The number of nitrogens with two attached hydrogens (primary N) is 1. The molecule has 2 saturated heterocycles. The Morgan fingerprint density at radius 1 is 1.11 bits per heavy atom. The molecule has 9 heteroatoms. The molecule has 27 heavy (non-hydrogen) atoms. The average Bonchev–Trinajstić information content (AvgIpc) is 2.77. The summed E-state index contributed by atoms with van der Waals surface area (Å²) in [4.78, 5) is 37.9. The molecule has 2 aliphatic heterocycles. The van der Waals surface area contributed by atoms with Crippen LogP contribution in [0.2, 0.25) is 0 Å². The molecule has 3 rings (SSSR count). The molecule has 2 heterocycles. The first-order valence-corrected chi connectivity index (χ1v) is 10.4. The second kappa shape index (κ2) is 6.63. The molecule has 0 spiro atoms. The highest BCUT2D eigenvalue weighted by molar-refractivity contribution is 7.94. The van der Waals surface area contributed by atoms with Gasteiger partial charge in [-0.15, -0.1) is 0 Å². The van der Waals surface area contributed by atoms with Crippen LogP contribution in [-0.4, -0.2) is 49.9 Å². The van der Waals surface area contributed by atoms with Crippen LogP contribution >= 0.6 is 0 Å². The number of carbonyl (C=O) groups excluding carboxylic acids is 3. The summed E-state index contributed by atoms with van der Waals surface area (Å²) in [5.74, 6) is -1.46. The van der Waals surface area contributed by atoms with Gasteiger partial charge in [0.2, 0.25) is 21.8 Å². The third-order valence-electron chi connectivity index (χ3n) is 5.12. The summed E-state index contributed by atoms with van der Waals surface area (Å²) < 4.78 is 25.5. The number of likely N-dealkylation sites (tertiary alicyclic amines) is 1. The van der Waals surface area contributed by atoms with E-state index < -0.39 is 21.3 Å². The quantitative estimate of drug-likeness (QED) is 0.812. The Balaban J connectivity index is 1.75. The van der Waals surface area contributed by atoms with Crippen LogP contribution in [0.5, 0.6) is 0 Å². The number of nitrogens with zero attached hydrogens (tertiary/aromatic N) is 2. The fraction of sp³-hybridized carbons (Fsp3) is 0.500. The summed E-state index contributed by atoms with van der Waals surface area (Å²) in [7, 11) is -3.72. The smallest absolute Gasteiger partial charge is 0.253 e. The topological polar surface area (TPSA) is 118 Å². The maximum absolute atomic E-state index is 12.6. The summed E-state index contributed by atoms with van der Waals surface area (Å²) in [6.45, 7) is 4.09. The lowest BCUT2D eigenvalue weighted by atomic mass is 9.95. The highest BCUT2D eigenvalue weighted by Crippen LogP contribution is 2.35. The maximum atomic E-state index is 12.6. The van der Waals surface area contributed by atoms with E-state index in [9.17, 15) is 22.8 Å². The highest BCUT2D eigenvalue weighted by Gasteiger charge is 2.49. The van der Waals surface area contributed by atoms with E-state index in [1.54, 1.807) is 18.7 Å². The minimum Gasteiger partial charge on any atom is -0.369 e. The minimum atomic E-state index is -3.72. The number of carbonyl (C=O) groups is 3. The zero-order valence-electron chi connectivity index (χ0n) is 15.3. The van der Waals surface area contributed by atoms with Gasteiger partial charge in [0.05, 0.1) is 16.9 Å². The minimum absolute atomic E-state index is 0.194. The third kappa shape index (κ3) is 3.55. The van der Waals surface area contributed by atoms with Crippen LogP contribution in [0.3, 0.4) is 0 Å². The second-order valence-corrected chi connectivity index (χ2v) is 9.54. The lowest BCUT2D eigenvalue weighted by molar-refractivity contribution is -0.124. The van der Waals surface area contributed by atoms with Crippen molar-refractivity contribution < 1.29 is 22.8 Å². The molecule has 2 fully saturated rings. The Hall–Kier alpha value is -2.42. The number of benzene rings is 1. The van der Waals surface area contributed by atoms with E-state index in [4.69, 9.17) is 5.73 Å². The Morgan fingerprint density at radius 3 is 2.11 bits per heavy atom. The molecule has 2 N–H and O–H groups in total. The average molecular weight is 393 g/mol. The molecule has 146 valence electrons. The lowest BCUT2D eigenvalue weighted by Gasteiger charge is -2.30. The van der Waals surface area contributed by atoms with Crippen LogP contribution in [-0.2, 0) is 19.6 Å². The van der Waals surface area contributed by atoms with Crippen molar-refractivity contribution >= 4 is 33.4 Å². The predicted octanol–water partition coefficient (Wildman–Crippen LogP) is 0.727. The first-order valence-electron chi connectivity index (χ1n) is 8.79.